The molecule has 0 fully saturated rings. The normalized spacial score (nSPS) is 13.2. The molecule has 7 nitrogen and oxygen atoms in total. The summed E-state index contributed by atoms with van der Waals surface area (Å²) in [5.41, 5.74) is 1.46. The molecular formula is C16H20ClN3O4. The van der Waals surface area contributed by atoms with Crippen molar-refractivity contribution in [3.8, 4) is 0 Å². The molecule has 0 saturated heterocycles. The summed E-state index contributed by atoms with van der Waals surface area (Å²) in [5, 5.41) is 4.72. The van der Waals surface area contributed by atoms with Gasteiger partial charge in [-0.25, -0.2) is 9.59 Å². The molecule has 1 aromatic rings. The lowest BCUT2D eigenvalue weighted by atomic mass is 10.1. The van der Waals surface area contributed by atoms with Gasteiger partial charge in [0.15, 0.2) is 0 Å². The fraction of sp³-hybridized carbons (Fsp3) is 0.438. The van der Waals surface area contributed by atoms with Crippen LogP contribution in [0.2, 0.25) is 0 Å². The Bertz CT molecular complexity index is 670. The zero-order valence-corrected chi connectivity index (χ0v) is 14.6. The minimum absolute atomic E-state index is 0.299. The largest absolute Gasteiger partial charge is 0.443 e. The summed E-state index contributed by atoms with van der Waals surface area (Å²) in [6, 6.07) is 4.56. The number of fused-ring (bicyclic) bond motifs is 1. The third-order valence-corrected chi connectivity index (χ3v) is 3.51. The van der Waals surface area contributed by atoms with Gasteiger partial charge in [0.05, 0.1) is 5.69 Å². The summed E-state index contributed by atoms with van der Waals surface area (Å²) in [5.74, 6) is -0.885. The maximum absolute atomic E-state index is 12.3. The van der Waals surface area contributed by atoms with Gasteiger partial charge in [-0.2, -0.15) is 0 Å². The van der Waals surface area contributed by atoms with Crippen molar-refractivity contribution in [1.82, 2.24) is 5.32 Å². The minimum atomic E-state index is -0.662. The van der Waals surface area contributed by atoms with E-state index in [1.807, 2.05) is 0 Å². The van der Waals surface area contributed by atoms with Crippen molar-refractivity contribution < 1.29 is 19.1 Å². The van der Waals surface area contributed by atoms with Crippen LogP contribution in [0.25, 0.3) is 0 Å². The number of nitrogens with zero attached hydrogens (tertiary/aromatic N) is 1. The molecule has 0 atom stereocenters. The van der Waals surface area contributed by atoms with Gasteiger partial charge in [0, 0.05) is 17.8 Å². The van der Waals surface area contributed by atoms with Crippen LogP contribution < -0.4 is 15.5 Å². The summed E-state index contributed by atoms with van der Waals surface area (Å²) >= 11 is 5.35. The van der Waals surface area contributed by atoms with Crippen molar-refractivity contribution in [3.63, 3.8) is 0 Å². The topological polar surface area (TPSA) is 87.7 Å². The maximum atomic E-state index is 12.3. The van der Waals surface area contributed by atoms with E-state index < -0.39 is 23.6 Å². The molecule has 0 bridgehead atoms. The predicted molar refractivity (Wildman–Crippen MR) is 91.6 cm³/mol. The van der Waals surface area contributed by atoms with Crippen molar-refractivity contribution in [3.05, 3.63) is 23.8 Å². The lowest BCUT2D eigenvalue weighted by molar-refractivity contribution is -0.117. The van der Waals surface area contributed by atoms with Crippen LogP contribution in [0.3, 0.4) is 0 Å². The van der Waals surface area contributed by atoms with Crippen LogP contribution in [0.5, 0.6) is 0 Å². The highest BCUT2D eigenvalue weighted by Crippen LogP contribution is 2.34. The third-order valence-electron chi connectivity index (χ3n) is 3.26. The summed E-state index contributed by atoms with van der Waals surface area (Å²) in [7, 11) is 0. The van der Waals surface area contributed by atoms with Crippen LogP contribution in [0.15, 0.2) is 18.2 Å². The van der Waals surface area contributed by atoms with Crippen LogP contribution in [-0.4, -0.2) is 36.1 Å². The lowest BCUT2D eigenvalue weighted by Gasteiger charge is -2.24. The molecule has 2 rings (SSSR count). The second-order valence-corrected chi connectivity index (χ2v) is 6.59. The molecule has 0 radical (unpaired) electrons. The fourth-order valence-electron chi connectivity index (χ4n) is 2.37. The minimum Gasteiger partial charge on any atom is -0.443 e. The van der Waals surface area contributed by atoms with Gasteiger partial charge in [-0.3, -0.25) is 15.0 Å². The number of hydrogen-bond acceptors (Lipinski definition) is 4. The van der Waals surface area contributed by atoms with Gasteiger partial charge in [-0.15, -0.1) is 11.6 Å². The van der Waals surface area contributed by atoms with E-state index >= 15 is 0 Å². The van der Waals surface area contributed by atoms with E-state index in [4.69, 9.17) is 16.3 Å². The quantitative estimate of drug-likeness (QED) is 0.800. The second kappa shape index (κ2) is 7.09. The van der Waals surface area contributed by atoms with E-state index in [9.17, 15) is 14.4 Å². The van der Waals surface area contributed by atoms with Crippen LogP contribution >= 0.6 is 11.6 Å². The number of nitrogens with one attached hydrogen (secondary N) is 2. The number of halogens is 1. The van der Waals surface area contributed by atoms with Crippen molar-refractivity contribution in [1.29, 1.82) is 0 Å². The first kappa shape index (κ1) is 18.1. The first-order valence-electron chi connectivity index (χ1n) is 7.50. The van der Waals surface area contributed by atoms with Gasteiger partial charge >= 0.3 is 12.1 Å². The molecule has 0 unspecified atom stereocenters. The van der Waals surface area contributed by atoms with Gasteiger partial charge in [0.2, 0.25) is 5.91 Å². The molecule has 2 N–H and O–H groups in total. The number of alkyl halides is 1. The van der Waals surface area contributed by atoms with E-state index in [1.165, 1.54) is 4.90 Å². The number of rotatable bonds is 2. The van der Waals surface area contributed by atoms with E-state index in [0.29, 0.717) is 24.3 Å². The zero-order valence-electron chi connectivity index (χ0n) is 13.8. The smallest absolute Gasteiger partial charge is 0.414 e. The SMILES string of the molecule is CC(C)(C)OC(=O)N1CCc2c(NC(=O)NC(=O)CCl)cccc21. The highest BCUT2D eigenvalue weighted by molar-refractivity contribution is 6.28. The Morgan fingerprint density at radius 1 is 1.29 bits per heavy atom. The average Bonchev–Trinajstić information content (AvgIpc) is 2.90. The Labute approximate surface area is 145 Å². The number of carbonyl (C=O) groups excluding carboxylic acids is 3. The average molecular weight is 354 g/mol. The zero-order chi connectivity index (χ0) is 17.9. The van der Waals surface area contributed by atoms with E-state index in [-0.39, 0.29) is 5.88 Å². The van der Waals surface area contributed by atoms with Crippen LogP contribution in [0.4, 0.5) is 21.0 Å². The van der Waals surface area contributed by atoms with Gasteiger partial charge in [-0.05, 0) is 39.3 Å². The third kappa shape index (κ3) is 4.38. The lowest BCUT2D eigenvalue weighted by Crippen LogP contribution is -2.35. The van der Waals surface area contributed by atoms with Crippen LogP contribution in [0.1, 0.15) is 26.3 Å². The monoisotopic (exact) mass is 353 g/mol. The number of benzene rings is 1. The Kier molecular flexibility index (Phi) is 5.33. The van der Waals surface area contributed by atoms with E-state index in [2.05, 4.69) is 10.6 Å². The molecule has 1 aliphatic heterocycles. The van der Waals surface area contributed by atoms with Crippen molar-refractivity contribution in [2.45, 2.75) is 32.8 Å². The van der Waals surface area contributed by atoms with Crippen LogP contribution in [-0.2, 0) is 16.0 Å². The van der Waals surface area contributed by atoms with Gasteiger partial charge in [0.1, 0.15) is 11.5 Å². The Morgan fingerprint density at radius 2 is 2.00 bits per heavy atom. The molecular weight excluding hydrogens is 334 g/mol. The maximum Gasteiger partial charge on any atom is 0.414 e. The Balaban J connectivity index is 2.15. The Hall–Kier alpha value is -2.28. The molecule has 0 spiro atoms. The van der Waals surface area contributed by atoms with Crippen molar-refractivity contribution in [2.75, 3.05) is 22.6 Å². The molecule has 0 saturated carbocycles. The van der Waals surface area contributed by atoms with Gasteiger partial charge in [0.25, 0.3) is 0 Å². The van der Waals surface area contributed by atoms with Crippen molar-refractivity contribution in [2.24, 2.45) is 0 Å². The molecule has 0 aliphatic carbocycles. The molecule has 0 aromatic heterocycles. The molecule has 1 aromatic carbocycles. The van der Waals surface area contributed by atoms with Gasteiger partial charge in [-0.1, -0.05) is 6.07 Å². The first-order chi connectivity index (χ1) is 11.2. The highest BCUT2D eigenvalue weighted by atomic mass is 35.5. The predicted octanol–water partition coefficient (Wildman–Crippen LogP) is 2.87. The highest BCUT2D eigenvalue weighted by Gasteiger charge is 2.30. The second-order valence-electron chi connectivity index (χ2n) is 6.32. The molecule has 24 heavy (non-hydrogen) atoms. The van der Waals surface area contributed by atoms with E-state index in [1.54, 1.807) is 39.0 Å². The number of amides is 4. The molecule has 1 aliphatic rings. The first-order valence-corrected chi connectivity index (χ1v) is 8.04. The number of ether oxygens (including phenoxy) is 1. The standard InChI is InChI=1S/C16H20ClN3O4/c1-16(2,3)24-15(23)20-8-7-10-11(5-4-6-12(10)20)18-14(22)19-13(21)9-17/h4-6H,7-9H2,1-3H3,(H2,18,19,21,22). The number of hydrogen-bond donors (Lipinski definition) is 2. The molecule has 130 valence electrons. The molecule has 1 heterocycles. The molecule has 4 amide bonds. The fourth-order valence-corrected chi connectivity index (χ4v) is 2.44. The number of imide groups is 1. The number of urea groups is 1. The summed E-state index contributed by atoms with van der Waals surface area (Å²) in [6.45, 7) is 5.87. The number of carbonyl (C=O) groups is 3. The summed E-state index contributed by atoms with van der Waals surface area (Å²) in [6.07, 6.45) is 0.147. The van der Waals surface area contributed by atoms with E-state index in [0.717, 1.165) is 5.56 Å². The summed E-state index contributed by atoms with van der Waals surface area (Å²) in [4.78, 5) is 36.7. The van der Waals surface area contributed by atoms with Gasteiger partial charge < -0.3 is 10.1 Å². The number of anilines is 2. The van der Waals surface area contributed by atoms with Crippen molar-refractivity contribution >= 4 is 41.0 Å². The molecule has 8 heteroatoms. The summed E-state index contributed by atoms with van der Waals surface area (Å²) < 4.78 is 5.39. The van der Waals surface area contributed by atoms with Crippen LogP contribution in [0, 0.1) is 0 Å². The Morgan fingerprint density at radius 3 is 2.62 bits per heavy atom.